The highest BCUT2D eigenvalue weighted by Crippen LogP contribution is 2.20. The Labute approximate surface area is 146 Å². The average Bonchev–Trinajstić information content (AvgIpc) is 3.11. The second-order valence-corrected chi connectivity index (χ2v) is 6.42. The van der Waals surface area contributed by atoms with Crippen LogP contribution in [-0.4, -0.2) is 39.6 Å². The molecule has 0 radical (unpaired) electrons. The molecule has 1 fully saturated rings. The fourth-order valence-corrected chi connectivity index (χ4v) is 3.42. The SMILES string of the molecule is O=C(Cc1ccccc1)NC1CCCN(c2ccnc3ccnn23)C1. The Morgan fingerprint density at radius 2 is 2.04 bits per heavy atom. The number of hydrogen-bond donors (Lipinski definition) is 1. The van der Waals surface area contributed by atoms with Gasteiger partial charge in [0, 0.05) is 31.4 Å². The van der Waals surface area contributed by atoms with Crippen LogP contribution in [0.3, 0.4) is 0 Å². The van der Waals surface area contributed by atoms with Gasteiger partial charge in [0.2, 0.25) is 5.91 Å². The van der Waals surface area contributed by atoms with Crippen LogP contribution >= 0.6 is 0 Å². The molecule has 4 rings (SSSR count). The van der Waals surface area contributed by atoms with Crippen LogP contribution in [0.1, 0.15) is 18.4 Å². The Hall–Kier alpha value is -2.89. The average molecular weight is 335 g/mol. The second-order valence-electron chi connectivity index (χ2n) is 6.42. The number of carbonyl (C=O) groups excluding carboxylic acids is 1. The number of nitrogens with one attached hydrogen (secondary N) is 1. The Bertz CT molecular complexity index is 860. The molecular weight excluding hydrogens is 314 g/mol. The molecule has 25 heavy (non-hydrogen) atoms. The van der Waals surface area contributed by atoms with E-state index in [2.05, 4.69) is 20.3 Å². The normalized spacial score (nSPS) is 17.6. The lowest BCUT2D eigenvalue weighted by atomic mass is 10.0. The number of aromatic nitrogens is 3. The van der Waals surface area contributed by atoms with Crippen LogP contribution in [0, 0.1) is 0 Å². The van der Waals surface area contributed by atoms with Crippen LogP contribution < -0.4 is 10.2 Å². The van der Waals surface area contributed by atoms with Gasteiger partial charge in [-0.05, 0) is 24.5 Å². The summed E-state index contributed by atoms with van der Waals surface area (Å²) in [4.78, 5) is 18.9. The molecule has 0 aliphatic carbocycles. The fraction of sp³-hybridized carbons (Fsp3) is 0.316. The van der Waals surface area contributed by atoms with E-state index in [-0.39, 0.29) is 11.9 Å². The first-order chi connectivity index (χ1) is 12.3. The van der Waals surface area contributed by atoms with E-state index in [1.165, 1.54) is 0 Å². The lowest BCUT2D eigenvalue weighted by molar-refractivity contribution is -0.121. The summed E-state index contributed by atoms with van der Waals surface area (Å²) in [6.45, 7) is 1.75. The van der Waals surface area contributed by atoms with Gasteiger partial charge in [-0.25, -0.2) is 4.98 Å². The zero-order valence-corrected chi connectivity index (χ0v) is 14.0. The van der Waals surface area contributed by atoms with E-state index in [4.69, 9.17) is 0 Å². The van der Waals surface area contributed by atoms with Crippen LogP contribution in [0.5, 0.6) is 0 Å². The standard InChI is InChI=1S/C19H21N5O/c25-18(13-15-5-2-1-3-6-15)22-16-7-4-12-23(14-16)19-9-10-20-17-8-11-21-24(17)19/h1-3,5-6,8-11,16H,4,7,12-14H2,(H,22,25). The number of nitrogens with zero attached hydrogens (tertiary/aromatic N) is 4. The van der Waals surface area contributed by atoms with Crippen molar-refractivity contribution in [1.82, 2.24) is 19.9 Å². The van der Waals surface area contributed by atoms with Crippen molar-refractivity contribution >= 4 is 17.4 Å². The molecule has 6 nitrogen and oxygen atoms in total. The molecule has 1 atom stereocenters. The van der Waals surface area contributed by atoms with Gasteiger partial charge in [-0.1, -0.05) is 30.3 Å². The summed E-state index contributed by atoms with van der Waals surface area (Å²) in [7, 11) is 0. The zero-order chi connectivity index (χ0) is 17.1. The molecule has 1 N–H and O–H groups in total. The van der Waals surface area contributed by atoms with Crippen LogP contribution in [-0.2, 0) is 11.2 Å². The van der Waals surface area contributed by atoms with Crippen molar-refractivity contribution in [2.45, 2.75) is 25.3 Å². The molecule has 1 saturated heterocycles. The van der Waals surface area contributed by atoms with E-state index in [0.29, 0.717) is 6.42 Å². The number of rotatable bonds is 4. The van der Waals surface area contributed by atoms with Gasteiger partial charge in [-0.2, -0.15) is 9.61 Å². The summed E-state index contributed by atoms with van der Waals surface area (Å²) in [5.74, 6) is 1.11. The van der Waals surface area contributed by atoms with Gasteiger partial charge in [0.1, 0.15) is 5.82 Å². The molecule has 3 heterocycles. The summed E-state index contributed by atoms with van der Waals surface area (Å²) in [6, 6.07) is 13.9. The van der Waals surface area contributed by atoms with Crippen molar-refractivity contribution in [3.63, 3.8) is 0 Å². The van der Waals surface area contributed by atoms with Crippen molar-refractivity contribution in [2.75, 3.05) is 18.0 Å². The number of carbonyl (C=O) groups is 1. The molecule has 0 saturated carbocycles. The summed E-state index contributed by atoms with van der Waals surface area (Å²) >= 11 is 0. The lowest BCUT2D eigenvalue weighted by Crippen LogP contribution is -2.48. The summed E-state index contributed by atoms with van der Waals surface area (Å²) in [6.07, 6.45) is 6.04. The summed E-state index contributed by atoms with van der Waals surface area (Å²) in [5.41, 5.74) is 1.88. The van der Waals surface area contributed by atoms with Gasteiger partial charge in [-0.15, -0.1) is 0 Å². The molecule has 0 bridgehead atoms. The number of fused-ring (bicyclic) bond motifs is 1. The molecule has 0 spiro atoms. The first-order valence-corrected chi connectivity index (χ1v) is 8.66. The Morgan fingerprint density at radius 1 is 1.16 bits per heavy atom. The number of amides is 1. The first kappa shape index (κ1) is 15.6. The Kier molecular flexibility index (Phi) is 4.33. The highest BCUT2D eigenvalue weighted by Gasteiger charge is 2.23. The van der Waals surface area contributed by atoms with Crippen molar-refractivity contribution < 1.29 is 4.79 Å². The van der Waals surface area contributed by atoms with Gasteiger partial charge in [0.15, 0.2) is 5.65 Å². The van der Waals surface area contributed by atoms with Gasteiger partial charge < -0.3 is 10.2 Å². The third-order valence-electron chi connectivity index (χ3n) is 4.59. The van der Waals surface area contributed by atoms with Crippen LogP contribution in [0.25, 0.3) is 5.65 Å². The zero-order valence-electron chi connectivity index (χ0n) is 14.0. The maximum Gasteiger partial charge on any atom is 0.224 e. The molecule has 1 unspecified atom stereocenters. The van der Waals surface area contributed by atoms with Crippen molar-refractivity contribution in [3.05, 3.63) is 60.4 Å². The van der Waals surface area contributed by atoms with E-state index < -0.39 is 0 Å². The van der Waals surface area contributed by atoms with E-state index in [1.54, 1.807) is 6.20 Å². The van der Waals surface area contributed by atoms with E-state index in [0.717, 1.165) is 43.0 Å². The Morgan fingerprint density at radius 3 is 2.92 bits per heavy atom. The largest absolute Gasteiger partial charge is 0.354 e. The minimum absolute atomic E-state index is 0.0806. The minimum atomic E-state index is 0.0806. The van der Waals surface area contributed by atoms with Gasteiger partial charge >= 0.3 is 0 Å². The number of anilines is 1. The fourth-order valence-electron chi connectivity index (χ4n) is 3.42. The third kappa shape index (κ3) is 3.47. The second kappa shape index (κ2) is 6.93. The summed E-state index contributed by atoms with van der Waals surface area (Å²) in [5, 5.41) is 7.54. The molecule has 128 valence electrons. The van der Waals surface area contributed by atoms with Gasteiger partial charge in [-0.3, -0.25) is 4.79 Å². The first-order valence-electron chi connectivity index (χ1n) is 8.66. The summed E-state index contributed by atoms with van der Waals surface area (Å²) < 4.78 is 1.86. The van der Waals surface area contributed by atoms with Gasteiger partial charge in [0.05, 0.1) is 12.6 Å². The van der Waals surface area contributed by atoms with Crippen LogP contribution in [0.4, 0.5) is 5.82 Å². The number of hydrogen-bond acceptors (Lipinski definition) is 4. The molecule has 3 aromatic rings. The van der Waals surface area contributed by atoms with E-state index >= 15 is 0 Å². The van der Waals surface area contributed by atoms with Crippen LogP contribution in [0.15, 0.2) is 54.9 Å². The number of benzene rings is 1. The molecule has 1 aromatic carbocycles. The molecular formula is C19H21N5O. The lowest BCUT2D eigenvalue weighted by Gasteiger charge is -2.34. The molecule has 1 amide bonds. The topological polar surface area (TPSA) is 62.5 Å². The molecule has 1 aliphatic rings. The molecule has 1 aliphatic heterocycles. The van der Waals surface area contributed by atoms with Crippen molar-refractivity contribution in [1.29, 1.82) is 0 Å². The monoisotopic (exact) mass is 335 g/mol. The minimum Gasteiger partial charge on any atom is -0.354 e. The number of piperidine rings is 1. The molecule has 6 heteroatoms. The van der Waals surface area contributed by atoms with Crippen LogP contribution in [0.2, 0.25) is 0 Å². The predicted molar refractivity (Wildman–Crippen MR) is 96.5 cm³/mol. The van der Waals surface area contributed by atoms with Crippen molar-refractivity contribution in [3.8, 4) is 0 Å². The maximum absolute atomic E-state index is 12.3. The quantitative estimate of drug-likeness (QED) is 0.793. The maximum atomic E-state index is 12.3. The highest BCUT2D eigenvalue weighted by atomic mass is 16.1. The van der Waals surface area contributed by atoms with Crippen molar-refractivity contribution in [2.24, 2.45) is 0 Å². The van der Waals surface area contributed by atoms with E-state index in [1.807, 2.05) is 53.2 Å². The predicted octanol–water partition coefficient (Wildman–Crippen LogP) is 2.06. The third-order valence-corrected chi connectivity index (χ3v) is 4.59. The Balaban J connectivity index is 1.43. The van der Waals surface area contributed by atoms with Gasteiger partial charge in [0.25, 0.3) is 0 Å². The molecule has 2 aromatic heterocycles. The van der Waals surface area contributed by atoms with E-state index in [9.17, 15) is 4.79 Å². The highest BCUT2D eigenvalue weighted by molar-refractivity contribution is 5.79. The smallest absolute Gasteiger partial charge is 0.224 e.